The molecule has 1 N–H and O–H groups in total. The average molecular weight is 353 g/mol. The van der Waals surface area contributed by atoms with Crippen LogP contribution in [0, 0.1) is 5.41 Å². The van der Waals surface area contributed by atoms with E-state index in [0.29, 0.717) is 0 Å². The molecule has 3 rings (SSSR count). The van der Waals surface area contributed by atoms with Crippen LogP contribution in [-0.4, -0.2) is 36.2 Å². The fourth-order valence-electron chi connectivity index (χ4n) is 3.16. The summed E-state index contributed by atoms with van der Waals surface area (Å²) in [4.78, 5) is 14.2. The van der Waals surface area contributed by atoms with E-state index in [1.165, 1.54) is 5.56 Å². The molecule has 2 saturated heterocycles. The summed E-state index contributed by atoms with van der Waals surface area (Å²) < 4.78 is 6.59. The van der Waals surface area contributed by atoms with Gasteiger partial charge in [0, 0.05) is 29.5 Å². The Balaban J connectivity index is 1.82. The standard InChI is InChI=1S/C16H21BrN2O2/c1-15(2,3)21-14(20)19-10-16(8-18-9-16)13(19)11-4-6-12(17)7-5-11/h4-7,13,18H,8-10H2,1-3H3. The molecule has 1 spiro atoms. The highest BCUT2D eigenvalue weighted by atomic mass is 79.9. The van der Waals surface area contributed by atoms with Crippen molar-refractivity contribution in [1.82, 2.24) is 10.2 Å². The van der Waals surface area contributed by atoms with Gasteiger partial charge in [0.1, 0.15) is 5.60 Å². The number of nitrogens with zero attached hydrogens (tertiary/aromatic N) is 1. The normalized spacial score (nSPS) is 23.4. The second-order valence-corrected chi connectivity index (χ2v) is 7.94. The van der Waals surface area contributed by atoms with E-state index in [4.69, 9.17) is 4.74 Å². The zero-order valence-electron chi connectivity index (χ0n) is 12.6. The Morgan fingerprint density at radius 3 is 2.43 bits per heavy atom. The molecule has 0 radical (unpaired) electrons. The van der Waals surface area contributed by atoms with Crippen molar-refractivity contribution in [3.8, 4) is 0 Å². The molecule has 0 aromatic heterocycles. The van der Waals surface area contributed by atoms with Gasteiger partial charge in [-0.25, -0.2) is 4.79 Å². The van der Waals surface area contributed by atoms with Gasteiger partial charge < -0.3 is 10.1 Å². The largest absolute Gasteiger partial charge is 0.444 e. The van der Waals surface area contributed by atoms with Crippen molar-refractivity contribution in [3.05, 3.63) is 34.3 Å². The molecule has 114 valence electrons. The van der Waals surface area contributed by atoms with E-state index in [-0.39, 0.29) is 17.6 Å². The fourth-order valence-corrected chi connectivity index (χ4v) is 3.42. The second kappa shape index (κ2) is 4.99. The number of ether oxygens (including phenoxy) is 1. The van der Waals surface area contributed by atoms with Gasteiger partial charge in [0.05, 0.1) is 6.04 Å². The van der Waals surface area contributed by atoms with Gasteiger partial charge in [0.15, 0.2) is 0 Å². The first kappa shape index (κ1) is 14.9. The van der Waals surface area contributed by atoms with Gasteiger partial charge in [-0.15, -0.1) is 0 Å². The predicted octanol–water partition coefficient (Wildman–Crippen LogP) is 3.33. The fraction of sp³-hybridized carbons (Fsp3) is 0.562. The molecule has 1 atom stereocenters. The average Bonchev–Trinajstić information content (AvgIpc) is 2.26. The molecule has 5 heteroatoms. The van der Waals surface area contributed by atoms with E-state index >= 15 is 0 Å². The van der Waals surface area contributed by atoms with Crippen LogP contribution in [0.25, 0.3) is 0 Å². The second-order valence-electron chi connectivity index (χ2n) is 7.03. The van der Waals surface area contributed by atoms with Crippen molar-refractivity contribution < 1.29 is 9.53 Å². The summed E-state index contributed by atoms with van der Waals surface area (Å²) in [5, 5.41) is 3.33. The molecule has 0 bridgehead atoms. The maximum absolute atomic E-state index is 12.4. The summed E-state index contributed by atoms with van der Waals surface area (Å²) in [7, 11) is 0. The van der Waals surface area contributed by atoms with Crippen molar-refractivity contribution in [1.29, 1.82) is 0 Å². The summed E-state index contributed by atoms with van der Waals surface area (Å²) >= 11 is 3.46. The highest BCUT2D eigenvalue weighted by molar-refractivity contribution is 9.10. The number of hydrogen-bond acceptors (Lipinski definition) is 3. The number of amides is 1. The van der Waals surface area contributed by atoms with Crippen molar-refractivity contribution in [2.45, 2.75) is 32.4 Å². The highest BCUT2D eigenvalue weighted by Gasteiger charge is 2.59. The van der Waals surface area contributed by atoms with E-state index in [0.717, 1.165) is 24.1 Å². The number of carbonyl (C=O) groups excluding carboxylic acids is 1. The van der Waals surface area contributed by atoms with Crippen molar-refractivity contribution in [2.24, 2.45) is 5.41 Å². The maximum Gasteiger partial charge on any atom is 0.410 e. The van der Waals surface area contributed by atoms with Crippen LogP contribution in [0.1, 0.15) is 32.4 Å². The van der Waals surface area contributed by atoms with Crippen LogP contribution in [0.4, 0.5) is 4.79 Å². The lowest BCUT2D eigenvalue weighted by molar-refractivity contribution is -0.108. The summed E-state index contributed by atoms with van der Waals surface area (Å²) in [5.41, 5.74) is 0.906. The van der Waals surface area contributed by atoms with Gasteiger partial charge in [-0.2, -0.15) is 0 Å². The van der Waals surface area contributed by atoms with E-state index in [9.17, 15) is 4.79 Å². The van der Waals surface area contributed by atoms with Crippen LogP contribution in [0.2, 0.25) is 0 Å². The maximum atomic E-state index is 12.4. The van der Waals surface area contributed by atoms with E-state index in [1.54, 1.807) is 0 Å². The van der Waals surface area contributed by atoms with Crippen LogP contribution >= 0.6 is 15.9 Å². The Bertz CT molecular complexity index is 546. The Labute approximate surface area is 134 Å². The molecule has 2 fully saturated rings. The first-order chi connectivity index (χ1) is 9.81. The Morgan fingerprint density at radius 1 is 1.33 bits per heavy atom. The van der Waals surface area contributed by atoms with Crippen LogP contribution < -0.4 is 5.32 Å². The van der Waals surface area contributed by atoms with Crippen molar-refractivity contribution >= 4 is 22.0 Å². The predicted molar refractivity (Wildman–Crippen MR) is 85.1 cm³/mol. The SMILES string of the molecule is CC(C)(C)OC(=O)N1CC2(CNC2)C1c1ccc(Br)cc1. The first-order valence-corrected chi connectivity index (χ1v) is 8.06. The number of nitrogens with one attached hydrogen (secondary N) is 1. The van der Waals surface area contributed by atoms with Crippen molar-refractivity contribution in [3.63, 3.8) is 0 Å². The van der Waals surface area contributed by atoms with E-state index in [1.807, 2.05) is 37.8 Å². The van der Waals surface area contributed by atoms with Gasteiger partial charge in [-0.05, 0) is 38.5 Å². The lowest BCUT2D eigenvalue weighted by Crippen LogP contribution is -2.73. The summed E-state index contributed by atoms with van der Waals surface area (Å²) in [5.74, 6) is 0. The van der Waals surface area contributed by atoms with E-state index < -0.39 is 5.60 Å². The van der Waals surface area contributed by atoms with Gasteiger partial charge >= 0.3 is 6.09 Å². The molecule has 1 unspecified atom stereocenters. The van der Waals surface area contributed by atoms with Crippen LogP contribution in [0.15, 0.2) is 28.7 Å². The zero-order valence-corrected chi connectivity index (χ0v) is 14.2. The number of benzene rings is 1. The zero-order chi connectivity index (χ0) is 15.3. The van der Waals surface area contributed by atoms with Crippen LogP contribution in [0.5, 0.6) is 0 Å². The molecular formula is C16H21BrN2O2. The molecule has 1 aromatic carbocycles. The smallest absolute Gasteiger partial charge is 0.410 e. The summed E-state index contributed by atoms with van der Waals surface area (Å²) in [6, 6.07) is 8.35. The minimum absolute atomic E-state index is 0.113. The van der Waals surface area contributed by atoms with Crippen LogP contribution in [0.3, 0.4) is 0 Å². The number of halogens is 1. The quantitative estimate of drug-likeness (QED) is 0.842. The van der Waals surface area contributed by atoms with Crippen molar-refractivity contribution in [2.75, 3.05) is 19.6 Å². The number of hydrogen-bond donors (Lipinski definition) is 1. The lowest BCUT2D eigenvalue weighted by atomic mass is 9.65. The number of likely N-dealkylation sites (tertiary alicyclic amines) is 1. The third kappa shape index (κ3) is 2.69. The number of carbonyl (C=O) groups is 1. The Morgan fingerprint density at radius 2 is 1.95 bits per heavy atom. The topological polar surface area (TPSA) is 41.6 Å². The highest BCUT2D eigenvalue weighted by Crippen LogP contribution is 2.51. The number of rotatable bonds is 1. The lowest BCUT2D eigenvalue weighted by Gasteiger charge is -2.62. The molecule has 0 saturated carbocycles. The first-order valence-electron chi connectivity index (χ1n) is 7.27. The van der Waals surface area contributed by atoms with Gasteiger partial charge in [-0.1, -0.05) is 28.1 Å². The minimum Gasteiger partial charge on any atom is -0.444 e. The summed E-state index contributed by atoms with van der Waals surface area (Å²) in [6.45, 7) is 8.41. The molecule has 2 heterocycles. The third-order valence-corrected chi connectivity index (χ3v) is 4.67. The van der Waals surface area contributed by atoms with Gasteiger partial charge in [0.25, 0.3) is 0 Å². The molecule has 1 amide bonds. The Hall–Kier alpha value is -1.07. The minimum atomic E-state index is -0.456. The van der Waals surface area contributed by atoms with E-state index in [2.05, 4.69) is 33.4 Å². The Kier molecular flexibility index (Phi) is 3.53. The van der Waals surface area contributed by atoms with Gasteiger partial charge in [-0.3, -0.25) is 4.90 Å². The summed E-state index contributed by atoms with van der Waals surface area (Å²) in [6.07, 6.45) is -0.215. The monoisotopic (exact) mass is 352 g/mol. The molecule has 1 aromatic rings. The molecule has 2 aliphatic heterocycles. The molecule has 0 aliphatic carbocycles. The third-order valence-electron chi connectivity index (χ3n) is 4.14. The van der Waals surface area contributed by atoms with Crippen LogP contribution in [-0.2, 0) is 4.74 Å². The molecule has 2 aliphatic rings. The molecular weight excluding hydrogens is 332 g/mol. The van der Waals surface area contributed by atoms with Gasteiger partial charge in [0.2, 0.25) is 0 Å². The molecule has 4 nitrogen and oxygen atoms in total. The molecule has 21 heavy (non-hydrogen) atoms.